The lowest BCUT2D eigenvalue weighted by molar-refractivity contribution is -0.138. The van der Waals surface area contributed by atoms with E-state index in [4.69, 9.17) is 32.9 Å². The van der Waals surface area contributed by atoms with Crippen molar-refractivity contribution in [1.82, 2.24) is 20.4 Å². The Morgan fingerprint density at radius 3 is 2.59 bits per heavy atom. The van der Waals surface area contributed by atoms with Gasteiger partial charge in [0.05, 0.1) is 22.2 Å². The number of likely N-dealkylation sites (tertiary alicyclic amines) is 1. The van der Waals surface area contributed by atoms with Crippen LogP contribution >= 0.6 is 23.2 Å². The number of carboxylic acids is 1. The van der Waals surface area contributed by atoms with E-state index in [1.54, 1.807) is 23.1 Å². The van der Waals surface area contributed by atoms with Crippen LogP contribution in [0.5, 0.6) is 0 Å². The SMILES string of the molecule is N#CNC(=NC[C@H](NC(=O)c1c(Cl)cc2c(c1Cl)CCN(C(=O)c1cc3ccccc3o1)C2)C(=O)O)N1CCCC1. The number of nitrogens with zero attached hydrogens (tertiary/aromatic N) is 4. The van der Waals surface area contributed by atoms with Crippen LogP contribution in [0.15, 0.2) is 45.8 Å². The van der Waals surface area contributed by atoms with Crippen LogP contribution in [-0.4, -0.2) is 70.9 Å². The van der Waals surface area contributed by atoms with Crippen molar-refractivity contribution in [1.29, 1.82) is 5.26 Å². The van der Waals surface area contributed by atoms with Gasteiger partial charge < -0.3 is 24.6 Å². The van der Waals surface area contributed by atoms with E-state index in [1.807, 2.05) is 29.3 Å². The quantitative estimate of drug-likeness (QED) is 0.169. The summed E-state index contributed by atoms with van der Waals surface area (Å²) in [6.45, 7) is 1.63. The van der Waals surface area contributed by atoms with E-state index in [-0.39, 0.29) is 46.3 Å². The number of guanidine groups is 1. The number of rotatable bonds is 6. The van der Waals surface area contributed by atoms with Crippen molar-refractivity contribution < 1.29 is 23.9 Å². The van der Waals surface area contributed by atoms with E-state index in [0.29, 0.717) is 42.8 Å². The van der Waals surface area contributed by atoms with Crippen molar-refractivity contribution in [3.8, 4) is 6.19 Å². The maximum absolute atomic E-state index is 13.2. The second kappa shape index (κ2) is 12.1. The third-order valence-electron chi connectivity index (χ3n) is 7.16. The molecule has 3 aromatic rings. The van der Waals surface area contributed by atoms with Crippen molar-refractivity contribution in [2.24, 2.45) is 4.99 Å². The van der Waals surface area contributed by atoms with Gasteiger partial charge in [0.25, 0.3) is 11.8 Å². The molecule has 0 bridgehead atoms. The van der Waals surface area contributed by atoms with Crippen LogP contribution in [0.1, 0.15) is 44.9 Å². The predicted molar refractivity (Wildman–Crippen MR) is 152 cm³/mol. The monoisotopic (exact) mass is 596 g/mol. The molecule has 41 heavy (non-hydrogen) atoms. The summed E-state index contributed by atoms with van der Waals surface area (Å²) in [6, 6.07) is 9.24. The maximum Gasteiger partial charge on any atom is 0.328 e. The lowest BCUT2D eigenvalue weighted by Gasteiger charge is -2.30. The average Bonchev–Trinajstić information content (AvgIpc) is 3.64. The number of amides is 2. The molecule has 0 saturated carbocycles. The van der Waals surface area contributed by atoms with Gasteiger partial charge in [-0.25, -0.2) is 9.79 Å². The molecular formula is C28H26Cl2N6O5. The van der Waals surface area contributed by atoms with Gasteiger partial charge in [-0.15, -0.1) is 0 Å². The Balaban J connectivity index is 1.32. The predicted octanol–water partition coefficient (Wildman–Crippen LogP) is 3.64. The number of benzene rings is 2. The molecular weight excluding hydrogens is 571 g/mol. The lowest BCUT2D eigenvalue weighted by atomic mass is 9.96. The van der Waals surface area contributed by atoms with Gasteiger partial charge in [0.2, 0.25) is 5.96 Å². The van der Waals surface area contributed by atoms with Crippen LogP contribution in [0.4, 0.5) is 0 Å². The standard InChI is InChI=1S/C28H26Cl2N6O5/c29-19-11-17-14-36(26(38)22-12-16-5-1-2-6-21(16)41-22)10-7-18(17)24(30)23(19)25(37)34-20(27(39)40)13-32-28(33-15-31)35-8-3-4-9-35/h1-2,5-6,11-12,20H,3-4,7-10,13-14H2,(H,32,33)(H,34,37)(H,39,40)/t20-/m0/s1. The first-order valence-corrected chi connectivity index (χ1v) is 13.8. The van der Waals surface area contributed by atoms with Crippen molar-refractivity contribution >= 4 is 57.9 Å². The van der Waals surface area contributed by atoms with Crippen molar-refractivity contribution in [3.05, 3.63) is 68.9 Å². The minimum Gasteiger partial charge on any atom is -0.480 e. The molecule has 2 amide bonds. The zero-order valence-corrected chi connectivity index (χ0v) is 23.3. The summed E-state index contributed by atoms with van der Waals surface area (Å²) in [4.78, 5) is 46.0. The summed E-state index contributed by atoms with van der Waals surface area (Å²) >= 11 is 13.1. The smallest absolute Gasteiger partial charge is 0.328 e. The summed E-state index contributed by atoms with van der Waals surface area (Å²) < 4.78 is 5.73. The van der Waals surface area contributed by atoms with Gasteiger partial charge in [0, 0.05) is 31.6 Å². The van der Waals surface area contributed by atoms with Gasteiger partial charge in [-0.05, 0) is 48.6 Å². The van der Waals surface area contributed by atoms with E-state index in [9.17, 15) is 19.5 Å². The summed E-state index contributed by atoms with van der Waals surface area (Å²) in [5.74, 6) is -1.85. The van der Waals surface area contributed by atoms with Gasteiger partial charge in [-0.3, -0.25) is 14.9 Å². The second-order valence-corrected chi connectivity index (χ2v) is 10.6. The van der Waals surface area contributed by atoms with Gasteiger partial charge in [0.15, 0.2) is 12.0 Å². The number of carboxylic acid groups (broad SMARTS) is 1. The van der Waals surface area contributed by atoms with Gasteiger partial charge in [-0.1, -0.05) is 41.4 Å². The number of aliphatic carboxylic acids is 1. The first-order valence-electron chi connectivity index (χ1n) is 13.0. The Morgan fingerprint density at radius 2 is 1.88 bits per heavy atom. The molecule has 1 aromatic heterocycles. The molecule has 1 atom stereocenters. The fourth-order valence-electron chi connectivity index (χ4n) is 5.07. The number of aliphatic imine (C=N–C) groups is 1. The normalized spacial score (nSPS) is 15.8. The van der Waals surface area contributed by atoms with Crippen LogP contribution in [0.25, 0.3) is 11.0 Å². The molecule has 2 aliphatic heterocycles. The van der Waals surface area contributed by atoms with E-state index in [1.165, 1.54) is 0 Å². The van der Waals surface area contributed by atoms with Crippen molar-refractivity contribution in [2.45, 2.75) is 31.8 Å². The van der Waals surface area contributed by atoms with Crippen LogP contribution < -0.4 is 10.6 Å². The number of nitriles is 1. The average molecular weight is 597 g/mol. The number of hydrogen-bond acceptors (Lipinski definition) is 6. The zero-order chi connectivity index (χ0) is 29.1. The molecule has 2 aromatic carbocycles. The highest BCUT2D eigenvalue weighted by atomic mass is 35.5. The number of carbonyl (C=O) groups is 3. The summed E-state index contributed by atoms with van der Waals surface area (Å²) in [5, 5.41) is 24.7. The molecule has 1 saturated heterocycles. The molecule has 0 unspecified atom stereocenters. The van der Waals surface area contributed by atoms with Crippen LogP contribution in [-0.2, 0) is 17.8 Å². The number of nitrogens with one attached hydrogen (secondary N) is 2. The fraction of sp³-hybridized carbons (Fsp3) is 0.321. The molecule has 0 spiro atoms. The van der Waals surface area contributed by atoms with Crippen molar-refractivity contribution in [2.75, 3.05) is 26.2 Å². The highest BCUT2D eigenvalue weighted by Gasteiger charge is 2.30. The minimum atomic E-state index is -1.39. The summed E-state index contributed by atoms with van der Waals surface area (Å²) in [7, 11) is 0. The Bertz CT molecular complexity index is 1560. The topological polar surface area (TPSA) is 151 Å². The van der Waals surface area contributed by atoms with Crippen LogP contribution in [0, 0.1) is 11.5 Å². The van der Waals surface area contributed by atoms with Crippen LogP contribution in [0.3, 0.4) is 0 Å². The molecule has 1 fully saturated rings. The highest BCUT2D eigenvalue weighted by Crippen LogP contribution is 2.35. The molecule has 13 heteroatoms. The first kappa shape index (κ1) is 28.3. The number of fused-ring (bicyclic) bond motifs is 2. The fourth-order valence-corrected chi connectivity index (χ4v) is 5.83. The van der Waals surface area contributed by atoms with E-state index in [2.05, 4.69) is 15.6 Å². The number of hydrogen-bond donors (Lipinski definition) is 3. The molecule has 0 radical (unpaired) electrons. The lowest BCUT2D eigenvalue weighted by Crippen LogP contribution is -2.45. The molecule has 3 N–H and O–H groups in total. The number of para-hydroxylation sites is 1. The van der Waals surface area contributed by atoms with Crippen molar-refractivity contribution in [3.63, 3.8) is 0 Å². The number of carbonyl (C=O) groups excluding carboxylic acids is 2. The Morgan fingerprint density at radius 1 is 1.12 bits per heavy atom. The molecule has 2 aliphatic rings. The van der Waals surface area contributed by atoms with Gasteiger partial charge >= 0.3 is 5.97 Å². The van der Waals surface area contributed by atoms with E-state index >= 15 is 0 Å². The summed E-state index contributed by atoms with van der Waals surface area (Å²) in [5.41, 5.74) is 1.92. The van der Waals surface area contributed by atoms with E-state index < -0.39 is 17.9 Å². The van der Waals surface area contributed by atoms with Crippen LogP contribution in [0.2, 0.25) is 10.0 Å². The zero-order valence-electron chi connectivity index (χ0n) is 21.8. The third kappa shape index (κ3) is 5.94. The Kier molecular flexibility index (Phi) is 8.33. The van der Waals surface area contributed by atoms with Gasteiger partial charge in [-0.2, -0.15) is 5.26 Å². The molecule has 0 aliphatic carbocycles. The molecule has 212 valence electrons. The largest absolute Gasteiger partial charge is 0.480 e. The summed E-state index contributed by atoms with van der Waals surface area (Å²) in [6.07, 6.45) is 4.05. The second-order valence-electron chi connectivity index (χ2n) is 9.77. The van der Waals surface area contributed by atoms with Gasteiger partial charge in [0.1, 0.15) is 11.6 Å². The number of halogens is 2. The first-order chi connectivity index (χ1) is 19.8. The maximum atomic E-state index is 13.2. The molecule has 3 heterocycles. The Labute approximate surface area is 245 Å². The third-order valence-corrected chi connectivity index (χ3v) is 7.87. The Hall–Kier alpha value is -4.27. The molecule has 11 nitrogen and oxygen atoms in total. The highest BCUT2D eigenvalue weighted by molar-refractivity contribution is 6.40. The number of furan rings is 1. The molecule has 5 rings (SSSR count). The van der Waals surface area contributed by atoms with E-state index in [0.717, 1.165) is 18.2 Å². The minimum absolute atomic E-state index is 0.0285.